The van der Waals surface area contributed by atoms with Crippen LogP contribution in [0.5, 0.6) is 0 Å². The maximum Gasteiger partial charge on any atom is 0.491 e. The van der Waals surface area contributed by atoms with Crippen LogP contribution in [0.3, 0.4) is 0 Å². The molecule has 0 unspecified atom stereocenters. The number of hydrogen-bond acceptors (Lipinski definition) is 5. The molecule has 0 bridgehead atoms. The molecule has 2 N–H and O–H groups in total. The second-order valence-electron chi connectivity index (χ2n) is 8.11. The molecule has 31 heavy (non-hydrogen) atoms. The lowest BCUT2D eigenvalue weighted by atomic mass is 9.80. The SMILES string of the molecule is C/C(=C\N(N)c1c(C(F)(F)F)c(C(F)(F)C(F)(F)F)nn1C)B1OC(C)(C)C(C)(C)O1. The zero-order valence-corrected chi connectivity index (χ0v) is 17.4. The zero-order valence-electron chi connectivity index (χ0n) is 17.4. The van der Waals surface area contributed by atoms with E-state index in [0.29, 0.717) is 0 Å². The molecule has 0 aliphatic carbocycles. The van der Waals surface area contributed by atoms with Gasteiger partial charge in [0.2, 0.25) is 0 Å². The van der Waals surface area contributed by atoms with Gasteiger partial charge < -0.3 is 9.31 Å². The lowest BCUT2D eigenvalue weighted by Crippen LogP contribution is -2.41. The Kier molecular flexibility index (Phi) is 6.01. The van der Waals surface area contributed by atoms with Gasteiger partial charge in [0, 0.05) is 13.2 Å². The van der Waals surface area contributed by atoms with Crippen molar-refractivity contribution in [3.63, 3.8) is 0 Å². The van der Waals surface area contributed by atoms with Crippen LogP contribution in [0.25, 0.3) is 0 Å². The van der Waals surface area contributed by atoms with Crippen LogP contribution < -0.4 is 10.9 Å². The molecular weight excluding hydrogens is 443 g/mol. The molecule has 176 valence electrons. The van der Waals surface area contributed by atoms with Gasteiger partial charge in [0.05, 0.1) is 11.2 Å². The lowest BCUT2D eigenvalue weighted by molar-refractivity contribution is -0.292. The highest BCUT2D eigenvalue weighted by Gasteiger charge is 2.64. The van der Waals surface area contributed by atoms with Gasteiger partial charge in [-0.3, -0.25) is 9.69 Å². The average molecular weight is 464 g/mol. The third-order valence-electron chi connectivity index (χ3n) is 5.17. The van der Waals surface area contributed by atoms with Gasteiger partial charge in [-0.2, -0.15) is 40.2 Å². The van der Waals surface area contributed by atoms with Crippen LogP contribution in [0, 0.1) is 0 Å². The Balaban J connectivity index is 2.55. The van der Waals surface area contributed by atoms with Crippen LogP contribution in [-0.4, -0.2) is 34.3 Å². The molecule has 0 saturated carbocycles. The van der Waals surface area contributed by atoms with Gasteiger partial charge >= 0.3 is 25.4 Å². The van der Waals surface area contributed by atoms with Gasteiger partial charge in [-0.05, 0) is 40.1 Å². The predicted molar refractivity (Wildman–Crippen MR) is 94.7 cm³/mol. The van der Waals surface area contributed by atoms with Gasteiger partial charge in [0.25, 0.3) is 0 Å². The first-order valence-electron chi connectivity index (χ1n) is 8.80. The molecule has 0 atom stereocenters. The van der Waals surface area contributed by atoms with Crippen LogP contribution in [-0.2, 0) is 28.5 Å². The van der Waals surface area contributed by atoms with Crippen LogP contribution in [0.15, 0.2) is 11.7 Å². The number of alkyl halides is 8. The van der Waals surface area contributed by atoms with Crippen molar-refractivity contribution in [1.29, 1.82) is 0 Å². The number of hydrazine groups is 1. The maximum absolute atomic E-state index is 13.8. The molecule has 0 aromatic carbocycles. The topological polar surface area (TPSA) is 65.5 Å². The first-order valence-corrected chi connectivity index (χ1v) is 8.80. The third-order valence-corrected chi connectivity index (χ3v) is 5.17. The van der Waals surface area contributed by atoms with Crippen molar-refractivity contribution >= 4 is 12.9 Å². The highest BCUT2D eigenvalue weighted by Crippen LogP contribution is 2.50. The van der Waals surface area contributed by atoms with Crippen molar-refractivity contribution in [2.45, 2.75) is 64.1 Å². The summed E-state index contributed by atoms with van der Waals surface area (Å²) in [5.74, 6) is -1.46. The van der Waals surface area contributed by atoms with E-state index in [9.17, 15) is 35.1 Å². The Labute approximate surface area is 173 Å². The van der Waals surface area contributed by atoms with Gasteiger partial charge in [0.1, 0.15) is 5.56 Å². The number of nitrogens with zero attached hydrogens (tertiary/aromatic N) is 3. The molecule has 0 amide bonds. The largest absolute Gasteiger partial charge is 0.491 e. The minimum Gasteiger partial charge on any atom is -0.400 e. The summed E-state index contributed by atoms with van der Waals surface area (Å²) in [7, 11) is -0.284. The van der Waals surface area contributed by atoms with E-state index in [1.54, 1.807) is 27.7 Å². The summed E-state index contributed by atoms with van der Waals surface area (Å²) >= 11 is 0. The van der Waals surface area contributed by atoms with Gasteiger partial charge in [-0.25, -0.2) is 5.84 Å². The zero-order chi connectivity index (χ0) is 24.4. The normalized spacial score (nSPS) is 19.8. The summed E-state index contributed by atoms with van der Waals surface area (Å²) in [6, 6.07) is 0. The first kappa shape index (κ1) is 25.4. The van der Waals surface area contributed by atoms with Crippen LogP contribution in [0.2, 0.25) is 0 Å². The highest BCUT2D eigenvalue weighted by molar-refractivity contribution is 6.54. The Bertz CT molecular complexity index is 860. The molecule has 1 aromatic heterocycles. The number of allylic oxidation sites excluding steroid dienone is 1. The number of rotatable bonds is 4. The number of hydrogen-bond donors (Lipinski definition) is 1. The van der Waals surface area contributed by atoms with E-state index in [4.69, 9.17) is 15.2 Å². The predicted octanol–water partition coefficient (Wildman–Crippen LogP) is 4.31. The average Bonchev–Trinajstić information content (AvgIpc) is 3.00. The van der Waals surface area contributed by atoms with E-state index in [-0.39, 0.29) is 15.2 Å². The molecule has 0 radical (unpaired) electrons. The first-order chi connectivity index (χ1) is 13.6. The highest BCUT2D eigenvalue weighted by atomic mass is 19.4. The molecule has 6 nitrogen and oxygen atoms in total. The summed E-state index contributed by atoms with van der Waals surface area (Å²) in [6.45, 7) is 8.25. The second-order valence-corrected chi connectivity index (χ2v) is 8.11. The molecule has 1 aromatic rings. The Morgan fingerprint density at radius 1 is 1.03 bits per heavy atom. The third kappa shape index (κ3) is 4.39. The summed E-state index contributed by atoms with van der Waals surface area (Å²) in [6.07, 6.45) is -11.0. The van der Waals surface area contributed by atoms with Crippen molar-refractivity contribution in [3.8, 4) is 0 Å². The fourth-order valence-corrected chi connectivity index (χ4v) is 2.80. The Morgan fingerprint density at radius 3 is 1.87 bits per heavy atom. The number of anilines is 1. The number of aromatic nitrogens is 2. The molecule has 1 fully saturated rings. The number of aryl methyl sites for hydroxylation is 1. The maximum atomic E-state index is 13.8. The van der Waals surface area contributed by atoms with E-state index in [1.165, 1.54) is 6.92 Å². The van der Waals surface area contributed by atoms with E-state index in [1.807, 2.05) is 0 Å². The van der Waals surface area contributed by atoms with Crippen molar-refractivity contribution in [1.82, 2.24) is 9.78 Å². The molecule has 1 aliphatic heterocycles. The molecule has 2 rings (SSSR count). The summed E-state index contributed by atoms with van der Waals surface area (Å²) in [5, 5.41) is 3.06. The van der Waals surface area contributed by atoms with E-state index < -0.39 is 53.7 Å². The molecule has 1 saturated heterocycles. The molecular formula is C16H21BF8N4O2. The number of halogens is 8. The van der Waals surface area contributed by atoms with Crippen LogP contribution in [0.4, 0.5) is 40.9 Å². The van der Waals surface area contributed by atoms with Gasteiger partial charge in [0.15, 0.2) is 11.5 Å². The molecule has 2 heterocycles. The summed E-state index contributed by atoms with van der Waals surface area (Å²) in [4.78, 5) is 0. The van der Waals surface area contributed by atoms with Crippen LogP contribution in [0.1, 0.15) is 45.9 Å². The number of nitrogens with two attached hydrogens (primary N) is 1. The lowest BCUT2D eigenvalue weighted by Gasteiger charge is -2.32. The quantitative estimate of drug-likeness (QED) is 0.312. The van der Waals surface area contributed by atoms with E-state index in [0.717, 1.165) is 13.2 Å². The monoisotopic (exact) mass is 464 g/mol. The molecule has 15 heteroatoms. The Hall–Kier alpha value is -1.87. The molecule has 0 spiro atoms. The smallest absolute Gasteiger partial charge is 0.400 e. The fourth-order valence-electron chi connectivity index (χ4n) is 2.80. The minimum absolute atomic E-state index is 0.139. The van der Waals surface area contributed by atoms with Gasteiger partial charge in [-0.1, -0.05) is 0 Å². The van der Waals surface area contributed by atoms with E-state index in [2.05, 4.69) is 5.10 Å². The second kappa shape index (κ2) is 7.34. The minimum atomic E-state index is -6.30. The standard InChI is InChI=1S/C16H21BF8N4O2/c1-8(17-30-12(2,3)13(4,5)31-17)7-29(26)11-9(15(20,21)22)10(27-28(11)6)14(18,19)16(23,24)25/h7H,26H2,1-6H3/b8-7+. The van der Waals surface area contributed by atoms with Crippen molar-refractivity contribution < 1.29 is 44.4 Å². The summed E-state index contributed by atoms with van der Waals surface area (Å²) in [5.41, 5.74) is -6.25. The Morgan fingerprint density at radius 2 is 1.48 bits per heavy atom. The van der Waals surface area contributed by atoms with Crippen molar-refractivity contribution in [2.24, 2.45) is 12.9 Å². The fraction of sp³-hybridized carbons (Fsp3) is 0.688. The molecule has 1 aliphatic rings. The summed E-state index contributed by atoms with van der Waals surface area (Å²) < 4.78 is 118. The van der Waals surface area contributed by atoms with Crippen LogP contribution >= 0.6 is 0 Å². The van der Waals surface area contributed by atoms with E-state index >= 15 is 0 Å². The van der Waals surface area contributed by atoms with Crippen molar-refractivity contribution in [3.05, 3.63) is 22.9 Å². The van der Waals surface area contributed by atoms with Crippen molar-refractivity contribution in [2.75, 3.05) is 5.01 Å². The van der Waals surface area contributed by atoms with Gasteiger partial charge in [-0.15, -0.1) is 0 Å².